The Morgan fingerprint density at radius 3 is 2.18 bits per heavy atom. The number of hydrogen-bond donors (Lipinski definition) is 2. The number of anilines is 1. The average Bonchev–Trinajstić information content (AvgIpc) is 2.46. The minimum absolute atomic E-state index is 0.0670. The molecule has 0 fully saturated rings. The number of nitrogens with two attached hydrogens (primary N) is 1. The number of amides is 1. The van der Waals surface area contributed by atoms with Crippen LogP contribution in [0.4, 0.5) is 5.69 Å². The zero-order valence-electron chi connectivity index (χ0n) is 11.7. The molecule has 0 unspecified atom stereocenters. The highest BCUT2D eigenvalue weighted by atomic mass is 32.2. The van der Waals surface area contributed by atoms with Gasteiger partial charge < -0.3 is 5.32 Å². The Hall–Kier alpha value is -2.51. The number of sulfonamides is 1. The van der Waals surface area contributed by atoms with E-state index in [1.54, 1.807) is 24.3 Å². The number of nitrogens with one attached hydrogen (secondary N) is 1. The van der Waals surface area contributed by atoms with Crippen molar-refractivity contribution in [1.82, 2.24) is 0 Å². The number of carbonyl (C=O) groups excluding carboxylic acids is 2. The number of benzene rings is 2. The van der Waals surface area contributed by atoms with Gasteiger partial charge in [-0.05, 0) is 43.3 Å². The van der Waals surface area contributed by atoms with Crippen molar-refractivity contribution in [2.75, 3.05) is 5.32 Å². The van der Waals surface area contributed by atoms with Crippen LogP contribution in [0.15, 0.2) is 53.4 Å². The van der Waals surface area contributed by atoms with Crippen LogP contribution in [0.2, 0.25) is 0 Å². The van der Waals surface area contributed by atoms with Gasteiger partial charge in [0.1, 0.15) is 0 Å². The van der Waals surface area contributed by atoms with Crippen molar-refractivity contribution in [3.8, 4) is 0 Å². The van der Waals surface area contributed by atoms with Crippen LogP contribution in [-0.2, 0) is 10.0 Å². The number of ketones is 1. The van der Waals surface area contributed by atoms with Gasteiger partial charge >= 0.3 is 0 Å². The average molecular weight is 318 g/mol. The third kappa shape index (κ3) is 3.78. The van der Waals surface area contributed by atoms with Crippen molar-refractivity contribution in [2.24, 2.45) is 5.14 Å². The van der Waals surface area contributed by atoms with Crippen molar-refractivity contribution in [1.29, 1.82) is 0 Å². The highest BCUT2D eigenvalue weighted by molar-refractivity contribution is 7.89. The number of rotatable bonds is 4. The lowest BCUT2D eigenvalue weighted by Crippen LogP contribution is -2.14. The van der Waals surface area contributed by atoms with Crippen LogP contribution < -0.4 is 10.5 Å². The topological polar surface area (TPSA) is 106 Å². The van der Waals surface area contributed by atoms with Crippen LogP contribution >= 0.6 is 0 Å². The van der Waals surface area contributed by atoms with Crippen molar-refractivity contribution < 1.29 is 18.0 Å². The summed E-state index contributed by atoms with van der Waals surface area (Å²) in [6.07, 6.45) is 0. The predicted molar refractivity (Wildman–Crippen MR) is 82.2 cm³/mol. The molecule has 114 valence electrons. The van der Waals surface area contributed by atoms with Gasteiger partial charge in [0.2, 0.25) is 10.0 Å². The summed E-state index contributed by atoms with van der Waals surface area (Å²) in [6.45, 7) is 1.44. The van der Waals surface area contributed by atoms with Gasteiger partial charge in [0.15, 0.2) is 5.78 Å². The maximum atomic E-state index is 12.1. The minimum atomic E-state index is -3.79. The van der Waals surface area contributed by atoms with E-state index in [0.29, 0.717) is 11.3 Å². The molecule has 0 aliphatic heterocycles. The van der Waals surface area contributed by atoms with Crippen LogP contribution in [0.5, 0.6) is 0 Å². The largest absolute Gasteiger partial charge is 0.322 e. The van der Waals surface area contributed by atoms with Gasteiger partial charge in [-0.1, -0.05) is 12.1 Å². The SMILES string of the molecule is CC(=O)c1cccc(NC(=O)c2ccc(S(N)(=O)=O)cc2)c1. The third-order valence-corrected chi connectivity index (χ3v) is 3.90. The molecule has 1 amide bonds. The molecular weight excluding hydrogens is 304 g/mol. The summed E-state index contributed by atoms with van der Waals surface area (Å²) >= 11 is 0. The summed E-state index contributed by atoms with van der Waals surface area (Å²) in [5, 5.41) is 7.63. The fourth-order valence-corrected chi connectivity index (χ4v) is 2.33. The van der Waals surface area contributed by atoms with E-state index in [-0.39, 0.29) is 16.2 Å². The molecule has 0 heterocycles. The number of carbonyl (C=O) groups is 2. The Morgan fingerprint density at radius 1 is 1.00 bits per heavy atom. The molecule has 6 nitrogen and oxygen atoms in total. The molecule has 2 aromatic carbocycles. The fraction of sp³-hybridized carbons (Fsp3) is 0.0667. The Morgan fingerprint density at radius 2 is 1.64 bits per heavy atom. The van der Waals surface area contributed by atoms with Crippen molar-refractivity contribution in [3.63, 3.8) is 0 Å². The van der Waals surface area contributed by atoms with Gasteiger partial charge in [0, 0.05) is 16.8 Å². The van der Waals surface area contributed by atoms with E-state index < -0.39 is 15.9 Å². The van der Waals surface area contributed by atoms with E-state index in [9.17, 15) is 18.0 Å². The van der Waals surface area contributed by atoms with E-state index in [2.05, 4.69) is 5.32 Å². The number of primary sulfonamides is 1. The summed E-state index contributed by atoms with van der Waals surface area (Å²) in [6, 6.07) is 11.8. The summed E-state index contributed by atoms with van der Waals surface area (Å²) in [4.78, 5) is 23.3. The van der Waals surface area contributed by atoms with Crippen molar-refractivity contribution >= 4 is 27.4 Å². The Bertz CT molecular complexity index is 827. The molecule has 0 aromatic heterocycles. The summed E-state index contributed by atoms with van der Waals surface area (Å²) in [5.74, 6) is -0.518. The van der Waals surface area contributed by atoms with Crippen LogP contribution in [0, 0.1) is 0 Å². The lowest BCUT2D eigenvalue weighted by molar-refractivity contribution is 0.101. The van der Waals surface area contributed by atoms with Crippen LogP contribution in [0.25, 0.3) is 0 Å². The second-order valence-corrected chi connectivity index (χ2v) is 6.22. The van der Waals surface area contributed by atoms with E-state index in [1.165, 1.54) is 31.2 Å². The van der Waals surface area contributed by atoms with Gasteiger partial charge in [-0.25, -0.2) is 13.6 Å². The fourth-order valence-electron chi connectivity index (χ4n) is 1.82. The van der Waals surface area contributed by atoms with Gasteiger partial charge in [-0.15, -0.1) is 0 Å². The molecule has 0 atom stereocenters. The molecule has 0 radical (unpaired) electrons. The molecular formula is C15H14N2O4S. The Kier molecular flexibility index (Phi) is 4.39. The summed E-state index contributed by atoms with van der Waals surface area (Å²) in [7, 11) is -3.79. The van der Waals surface area contributed by atoms with E-state index in [0.717, 1.165) is 0 Å². The Labute approximate surface area is 128 Å². The molecule has 2 rings (SSSR count). The highest BCUT2D eigenvalue weighted by Gasteiger charge is 2.11. The maximum Gasteiger partial charge on any atom is 0.255 e. The molecule has 0 aliphatic rings. The predicted octanol–water partition coefficient (Wildman–Crippen LogP) is 1.79. The van der Waals surface area contributed by atoms with Gasteiger partial charge in [-0.3, -0.25) is 9.59 Å². The van der Waals surface area contributed by atoms with Gasteiger partial charge in [0.05, 0.1) is 4.90 Å². The number of Topliss-reactive ketones (excluding diaryl/α,β-unsaturated/α-hetero) is 1. The second kappa shape index (κ2) is 6.08. The zero-order valence-corrected chi connectivity index (χ0v) is 12.6. The first-order valence-electron chi connectivity index (χ1n) is 6.32. The summed E-state index contributed by atoms with van der Waals surface area (Å²) < 4.78 is 22.3. The standard InChI is InChI=1S/C15H14N2O4S/c1-10(18)12-3-2-4-13(9-12)17-15(19)11-5-7-14(8-6-11)22(16,20)21/h2-9H,1H3,(H,17,19)(H2,16,20,21). The highest BCUT2D eigenvalue weighted by Crippen LogP contribution is 2.14. The monoisotopic (exact) mass is 318 g/mol. The molecule has 0 saturated heterocycles. The molecule has 3 N–H and O–H groups in total. The maximum absolute atomic E-state index is 12.1. The molecule has 2 aromatic rings. The molecule has 0 aliphatic carbocycles. The molecule has 0 saturated carbocycles. The van der Waals surface area contributed by atoms with Crippen molar-refractivity contribution in [2.45, 2.75) is 11.8 Å². The second-order valence-electron chi connectivity index (χ2n) is 4.66. The van der Waals surface area contributed by atoms with E-state index >= 15 is 0 Å². The normalized spacial score (nSPS) is 11.0. The van der Waals surface area contributed by atoms with E-state index in [4.69, 9.17) is 5.14 Å². The third-order valence-electron chi connectivity index (χ3n) is 2.97. The van der Waals surface area contributed by atoms with Crippen molar-refractivity contribution in [3.05, 3.63) is 59.7 Å². The van der Waals surface area contributed by atoms with Gasteiger partial charge in [-0.2, -0.15) is 0 Å². The molecule has 22 heavy (non-hydrogen) atoms. The zero-order chi connectivity index (χ0) is 16.3. The first-order chi connectivity index (χ1) is 10.3. The first-order valence-corrected chi connectivity index (χ1v) is 7.87. The smallest absolute Gasteiger partial charge is 0.255 e. The first kappa shape index (κ1) is 15.9. The van der Waals surface area contributed by atoms with Crippen LogP contribution in [0.1, 0.15) is 27.6 Å². The molecule has 7 heteroatoms. The Balaban J connectivity index is 2.19. The van der Waals surface area contributed by atoms with Gasteiger partial charge in [0.25, 0.3) is 5.91 Å². The van der Waals surface area contributed by atoms with Crippen LogP contribution in [0.3, 0.4) is 0 Å². The molecule has 0 bridgehead atoms. The van der Waals surface area contributed by atoms with E-state index in [1.807, 2.05) is 0 Å². The quantitative estimate of drug-likeness (QED) is 0.838. The lowest BCUT2D eigenvalue weighted by atomic mass is 10.1. The molecule has 0 spiro atoms. The number of hydrogen-bond acceptors (Lipinski definition) is 4. The van der Waals surface area contributed by atoms with Crippen LogP contribution in [-0.4, -0.2) is 20.1 Å². The summed E-state index contributed by atoms with van der Waals surface area (Å²) in [5.41, 5.74) is 1.25. The lowest BCUT2D eigenvalue weighted by Gasteiger charge is -2.07. The minimum Gasteiger partial charge on any atom is -0.322 e.